The van der Waals surface area contributed by atoms with Gasteiger partial charge in [-0.1, -0.05) is 62.7 Å². The van der Waals surface area contributed by atoms with Gasteiger partial charge in [0.25, 0.3) is 5.69 Å². The summed E-state index contributed by atoms with van der Waals surface area (Å²) in [7, 11) is 0. The molecular formula is C25H33N3O4S. The Labute approximate surface area is 200 Å². The highest BCUT2D eigenvalue weighted by Crippen LogP contribution is 2.18. The number of amides is 2. The number of nitrogens with zero attached hydrogens (tertiary/aromatic N) is 2. The van der Waals surface area contributed by atoms with E-state index >= 15 is 0 Å². The van der Waals surface area contributed by atoms with Crippen LogP contribution in [0.1, 0.15) is 44.2 Å². The quantitative estimate of drug-likeness (QED) is 0.247. The van der Waals surface area contributed by atoms with Gasteiger partial charge in [-0.3, -0.25) is 19.7 Å². The number of thioether (sulfide) groups is 1. The van der Waals surface area contributed by atoms with E-state index in [1.165, 1.54) is 23.9 Å². The first-order valence-corrected chi connectivity index (χ1v) is 12.5. The van der Waals surface area contributed by atoms with Gasteiger partial charge < -0.3 is 10.2 Å². The summed E-state index contributed by atoms with van der Waals surface area (Å²) in [5.41, 5.74) is 2.08. The highest BCUT2D eigenvalue weighted by Gasteiger charge is 2.27. The first-order chi connectivity index (χ1) is 16.0. The Morgan fingerprint density at radius 1 is 1.06 bits per heavy atom. The van der Waals surface area contributed by atoms with Crippen LogP contribution in [0.4, 0.5) is 5.69 Å². The highest BCUT2D eigenvalue weighted by molar-refractivity contribution is 7.99. The number of non-ortho nitro benzene ring substituents is 1. The largest absolute Gasteiger partial charge is 0.354 e. The molecule has 0 saturated carbocycles. The molecule has 2 aromatic rings. The molecule has 2 aromatic carbocycles. The lowest BCUT2D eigenvalue weighted by molar-refractivity contribution is -0.384. The molecule has 178 valence electrons. The summed E-state index contributed by atoms with van der Waals surface area (Å²) < 4.78 is 0. The lowest BCUT2D eigenvalue weighted by Crippen LogP contribution is -2.50. The van der Waals surface area contributed by atoms with Crippen LogP contribution in [-0.4, -0.2) is 46.5 Å². The molecule has 0 aliphatic carbocycles. The van der Waals surface area contributed by atoms with Crippen LogP contribution < -0.4 is 5.32 Å². The van der Waals surface area contributed by atoms with Crippen LogP contribution in [0.3, 0.4) is 0 Å². The van der Waals surface area contributed by atoms with Crippen molar-refractivity contribution in [2.24, 2.45) is 0 Å². The predicted octanol–water partition coefficient (Wildman–Crippen LogP) is 4.59. The number of carbonyl (C=O) groups is 2. The second-order valence-electron chi connectivity index (χ2n) is 7.81. The molecule has 0 aliphatic heterocycles. The van der Waals surface area contributed by atoms with Crippen molar-refractivity contribution in [1.29, 1.82) is 0 Å². The summed E-state index contributed by atoms with van der Waals surface area (Å²) in [6, 6.07) is 15.8. The van der Waals surface area contributed by atoms with Crippen LogP contribution in [-0.2, 0) is 21.8 Å². The Balaban J connectivity index is 2.02. The zero-order valence-corrected chi connectivity index (χ0v) is 20.2. The van der Waals surface area contributed by atoms with Gasteiger partial charge in [-0.05, 0) is 30.4 Å². The molecule has 0 bridgehead atoms. The van der Waals surface area contributed by atoms with Gasteiger partial charge in [0.1, 0.15) is 6.04 Å². The molecule has 2 amide bonds. The molecule has 0 saturated heterocycles. The second kappa shape index (κ2) is 14.3. The topological polar surface area (TPSA) is 92.6 Å². The van der Waals surface area contributed by atoms with E-state index in [2.05, 4.69) is 12.2 Å². The zero-order chi connectivity index (χ0) is 24.1. The maximum absolute atomic E-state index is 13.2. The summed E-state index contributed by atoms with van der Waals surface area (Å²) in [6.07, 6.45) is 3.13. The third-order valence-corrected chi connectivity index (χ3v) is 6.33. The maximum atomic E-state index is 13.2. The van der Waals surface area contributed by atoms with E-state index in [9.17, 15) is 19.7 Å². The van der Waals surface area contributed by atoms with E-state index in [-0.39, 0.29) is 23.3 Å². The molecule has 0 radical (unpaired) electrons. The van der Waals surface area contributed by atoms with Crippen molar-refractivity contribution in [3.05, 3.63) is 75.8 Å². The first kappa shape index (κ1) is 26.4. The number of hydrogen-bond acceptors (Lipinski definition) is 5. The minimum absolute atomic E-state index is 0.0480. The summed E-state index contributed by atoms with van der Waals surface area (Å²) in [5.74, 6) is 0.628. The molecule has 1 atom stereocenters. The Morgan fingerprint density at radius 2 is 1.76 bits per heavy atom. The van der Waals surface area contributed by atoms with Crippen LogP contribution in [0.5, 0.6) is 0 Å². The predicted molar refractivity (Wildman–Crippen MR) is 133 cm³/mol. The monoisotopic (exact) mass is 471 g/mol. The van der Waals surface area contributed by atoms with Crippen molar-refractivity contribution >= 4 is 29.3 Å². The molecule has 8 heteroatoms. The molecule has 2 rings (SSSR count). The minimum atomic E-state index is -0.502. The van der Waals surface area contributed by atoms with E-state index in [1.54, 1.807) is 17.0 Å². The second-order valence-corrected chi connectivity index (χ2v) is 8.79. The molecule has 0 fully saturated rings. The third-order valence-electron chi connectivity index (χ3n) is 5.34. The molecule has 0 spiro atoms. The van der Waals surface area contributed by atoms with Crippen LogP contribution in [0.25, 0.3) is 0 Å². The van der Waals surface area contributed by atoms with Crippen LogP contribution in [0, 0.1) is 10.1 Å². The fraction of sp³-hybridized carbons (Fsp3) is 0.440. The van der Waals surface area contributed by atoms with E-state index in [1.807, 2.05) is 37.3 Å². The van der Waals surface area contributed by atoms with Gasteiger partial charge in [-0.25, -0.2) is 0 Å². The lowest BCUT2D eigenvalue weighted by atomic mass is 10.1. The number of carbonyl (C=O) groups excluding carboxylic acids is 2. The fourth-order valence-electron chi connectivity index (χ4n) is 3.46. The summed E-state index contributed by atoms with van der Waals surface area (Å²) in [6.45, 7) is 5.08. The first-order valence-electron chi connectivity index (χ1n) is 11.4. The molecule has 0 unspecified atom stereocenters. The average molecular weight is 472 g/mol. The molecular weight excluding hydrogens is 438 g/mol. The number of unbranched alkanes of at least 4 members (excludes halogenated alkanes) is 1. The Morgan fingerprint density at radius 3 is 2.36 bits per heavy atom. The van der Waals surface area contributed by atoms with Gasteiger partial charge >= 0.3 is 0 Å². The molecule has 0 aromatic heterocycles. The smallest absolute Gasteiger partial charge is 0.269 e. The third kappa shape index (κ3) is 8.88. The fourth-order valence-corrected chi connectivity index (χ4v) is 4.33. The molecule has 7 nitrogen and oxygen atoms in total. The van der Waals surface area contributed by atoms with E-state index < -0.39 is 11.0 Å². The number of hydrogen-bond donors (Lipinski definition) is 1. The highest BCUT2D eigenvalue weighted by atomic mass is 32.2. The van der Waals surface area contributed by atoms with Crippen LogP contribution in [0.15, 0.2) is 54.6 Å². The van der Waals surface area contributed by atoms with Gasteiger partial charge in [-0.2, -0.15) is 0 Å². The Bertz CT molecular complexity index is 890. The zero-order valence-electron chi connectivity index (χ0n) is 19.4. The van der Waals surface area contributed by atoms with Crippen molar-refractivity contribution < 1.29 is 14.5 Å². The van der Waals surface area contributed by atoms with E-state index in [4.69, 9.17) is 0 Å². The minimum Gasteiger partial charge on any atom is -0.354 e. The number of nitro benzene ring substituents is 1. The van der Waals surface area contributed by atoms with Crippen molar-refractivity contribution in [2.75, 3.05) is 18.8 Å². The van der Waals surface area contributed by atoms with Gasteiger partial charge in [0.15, 0.2) is 0 Å². The van der Waals surface area contributed by atoms with E-state index in [0.717, 1.165) is 24.0 Å². The van der Waals surface area contributed by atoms with E-state index in [0.29, 0.717) is 31.7 Å². The van der Waals surface area contributed by atoms with Gasteiger partial charge in [0.2, 0.25) is 11.8 Å². The van der Waals surface area contributed by atoms with Crippen LogP contribution >= 0.6 is 11.8 Å². The summed E-state index contributed by atoms with van der Waals surface area (Å²) in [4.78, 5) is 38.1. The van der Waals surface area contributed by atoms with Crippen LogP contribution in [0.2, 0.25) is 0 Å². The summed E-state index contributed by atoms with van der Waals surface area (Å²) in [5, 5.41) is 13.8. The number of nitro groups is 1. The van der Waals surface area contributed by atoms with Crippen molar-refractivity contribution in [1.82, 2.24) is 10.2 Å². The molecule has 0 aliphatic rings. The molecule has 33 heavy (non-hydrogen) atoms. The molecule has 1 N–H and O–H groups in total. The maximum Gasteiger partial charge on any atom is 0.269 e. The Kier molecular flexibility index (Phi) is 11.4. The normalized spacial score (nSPS) is 11.6. The van der Waals surface area contributed by atoms with Gasteiger partial charge in [0, 0.05) is 31.0 Å². The lowest BCUT2D eigenvalue weighted by Gasteiger charge is -2.30. The average Bonchev–Trinajstić information content (AvgIpc) is 2.82. The number of benzene rings is 2. The summed E-state index contributed by atoms with van der Waals surface area (Å²) >= 11 is 1.45. The number of nitrogens with one attached hydrogen (secondary N) is 1. The standard InChI is InChI=1S/C25H33N3O4S/c1-3-5-16-26-25(30)23(4-2)27(17-15-20-9-7-6-8-10-20)24(29)19-33-18-21-11-13-22(14-12-21)28(31)32/h6-14,23H,3-5,15-19H2,1-2H3,(H,26,30)/t23-/m0/s1. The molecule has 0 heterocycles. The van der Waals surface area contributed by atoms with Crippen molar-refractivity contribution in [2.45, 2.75) is 51.3 Å². The Hall–Kier alpha value is -2.87. The number of rotatable bonds is 14. The SMILES string of the molecule is CCCCNC(=O)[C@H](CC)N(CCc1ccccc1)C(=O)CSCc1ccc([N+](=O)[O-])cc1. The van der Waals surface area contributed by atoms with Crippen molar-refractivity contribution in [3.63, 3.8) is 0 Å². The van der Waals surface area contributed by atoms with Gasteiger partial charge in [0.05, 0.1) is 10.7 Å². The van der Waals surface area contributed by atoms with Crippen molar-refractivity contribution in [3.8, 4) is 0 Å². The van der Waals surface area contributed by atoms with Gasteiger partial charge in [-0.15, -0.1) is 11.8 Å².